The molecule has 1 saturated heterocycles. The zero-order chi connectivity index (χ0) is 15.5. The maximum absolute atomic E-state index is 10.5. The van der Waals surface area contributed by atoms with Gasteiger partial charge in [-0.05, 0) is 30.5 Å². The van der Waals surface area contributed by atoms with Gasteiger partial charge in [0.25, 0.3) is 0 Å². The molecule has 3 N–H and O–H groups in total. The van der Waals surface area contributed by atoms with E-state index in [1.165, 1.54) is 0 Å². The van der Waals surface area contributed by atoms with Crippen LogP contribution in [0.25, 0.3) is 0 Å². The maximum atomic E-state index is 10.5. The summed E-state index contributed by atoms with van der Waals surface area (Å²) in [6, 6.07) is 5.30. The third kappa shape index (κ3) is 3.70. The highest BCUT2D eigenvalue weighted by atomic mass is 35.5. The Hall–Kier alpha value is -0.360. The van der Waals surface area contributed by atoms with E-state index in [1.807, 2.05) is 6.07 Å². The minimum atomic E-state index is -1.68. The number of benzene rings is 1. The van der Waals surface area contributed by atoms with Crippen molar-refractivity contribution in [1.29, 1.82) is 0 Å². The summed E-state index contributed by atoms with van der Waals surface area (Å²) in [5.41, 5.74) is -0.794. The molecule has 0 saturated carbocycles. The Balaban J connectivity index is 2.37. The lowest BCUT2D eigenvalue weighted by Gasteiger charge is -2.37. The van der Waals surface area contributed by atoms with Crippen molar-refractivity contribution in [2.24, 2.45) is 0 Å². The number of rotatable bonds is 4. The van der Waals surface area contributed by atoms with Crippen molar-refractivity contribution >= 4 is 23.2 Å². The summed E-state index contributed by atoms with van der Waals surface area (Å²) in [6.45, 7) is -0.636. The first kappa shape index (κ1) is 17.0. The summed E-state index contributed by atoms with van der Waals surface area (Å²) >= 11 is 12.0. The van der Waals surface area contributed by atoms with E-state index in [1.54, 1.807) is 12.1 Å². The Morgan fingerprint density at radius 2 is 1.86 bits per heavy atom. The van der Waals surface area contributed by atoms with Crippen molar-refractivity contribution < 1.29 is 20.1 Å². The maximum Gasteiger partial charge on any atom is 0.137 e. The molecule has 2 atom stereocenters. The highest BCUT2D eigenvalue weighted by Crippen LogP contribution is 2.37. The molecule has 0 unspecified atom stereocenters. The van der Waals surface area contributed by atoms with Gasteiger partial charge in [-0.15, -0.1) is 0 Å². The quantitative estimate of drug-likeness (QED) is 0.790. The number of ether oxygens (including phenoxy) is 1. The Kier molecular flexibility index (Phi) is 5.88. The summed E-state index contributed by atoms with van der Waals surface area (Å²) in [5.74, 6) is -0.161. The Labute approximate surface area is 134 Å². The molecular weight excluding hydrogens is 315 g/mol. The molecule has 0 aromatic heterocycles. The fourth-order valence-electron chi connectivity index (χ4n) is 2.79. The van der Waals surface area contributed by atoms with E-state index in [0.29, 0.717) is 16.7 Å². The molecular formula is C15H20Cl2O4. The van der Waals surface area contributed by atoms with Crippen LogP contribution in [0.1, 0.15) is 30.7 Å². The molecule has 118 valence electrons. The lowest BCUT2D eigenvalue weighted by Crippen LogP contribution is -2.52. The third-order valence-corrected chi connectivity index (χ3v) is 4.76. The minimum absolute atomic E-state index is 0.161. The molecule has 1 fully saturated rings. The van der Waals surface area contributed by atoms with Gasteiger partial charge in [-0.1, -0.05) is 35.7 Å². The number of halogens is 2. The molecule has 4 nitrogen and oxygen atoms in total. The Bertz CT molecular complexity index is 477. The molecule has 1 aromatic carbocycles. The van der Waals surface area contributed by atoms with Crippen LogP contribution in [0.3, 0.4) is 0 Å². The smallest absolute Gasteiger partial charge is 0.137 e. The summed E-state index contributed by atoms with van der Waals surface area (Å²) in [7, 11) is 0. The van der Waals surface area contributed by atoms with Gasteiger partial charge in [0, 0.05) is 12.5 Å². The van der Waals surface area contributed by atoms with Gasteiger partial charge in [-0.25, -0.2) is 0 Å². The average Bonchev–Trinajstić information content (AvgIpc) is 2.75. The molecule has 0 spiro atoms. The van der Waals surface area contributed by atoms with Crippen LogP contribution in [0, 0.1) is 0 Å². The number of aliphatic hydroxyl groups is 3. The van der Waals surface area contributed by atoms with Crippen LogP contribution in [0.2, 0.25) is 10.0 Å². The lowest BCUT2D eigenvalue weighted by molar-refractivity contribution is -0.158. The summed E-state index contributed by atoms with van der Waals surface area (Å²) < 4.78 is 5.74. The van der Waals surface area contributed by atoms with Crippen LogP contribution in [0.4, 0.5) is 0 Å². The zero-order valence-corrected chi connectivity index (χ0v) is 13.1. The van der Waals surface area contributed by atoms with Gasteiger partial charge in [-0.3, -0.25) is 0 Å². The first-order chi connectivity index (χ1) is 10.0. The molecule has 2 rings (SSSR count). The van der Waals surface area contributed by atoms with Crippen LogP contribution in [-0.2, 0) is 4.74 Å². The van der Waals surface area contributed by atoms with Crippen molar-refractivity contribution in [3.63, 3.8) is 0 Å². The first-order valence-electron chi connectivity index (χ1n) is 7.02. The van der Waals surface area contributed by atoms with E-state index in [-0.39, 0.29) is 5.92 Å². The van der Waals surface area contributed by atoms with Crippen LogP contribution >= 0.6 is 23.2 Å². The van der Waals surface area contributed by atoms with Crippen molar-refractivity contribution in [2.75, 3.05) is 19.8 Å². The van der Waals surface area contributed by atoms with E-state index < -0.39 is 24.9 Å². The molecule has 1 aromatic rings. The molecule has 0 aliphatic carbocycles. The standard InChI is InChI=1S/C15H20Cl2O4/c16-12-5-4-10(7-13(12)17)11-3-1-2-6-21-14(11)15(20,8-18)9-19/h4-5,7,11,14,18-20H,1-3,6,8-9H2/t11-,14+/m0/s1. The molecule has 0 amide bonds. The van der Waals surface area contributed by atoms with Crippen molar-refractivity contribution in [2.45, 2.75) is 36.9 Å². The van der Waals surface area contributed by atoms with Crippen LogP contribution in [-0.4, -0.2) is 46.8 Å². The molecule has 1 heterocycles. The predicted molar refractivity (Wildman–Crippen MR) is 81.9 cm³/mol. The van der Waals surface area contributed by atoms with Gasteiger partial charge in [-0.2, -0.15) is 0 Å². The normalized spacial score (nSPS) is 23.9. The van der Waals surface area contributed by atoms with E-state index in [2.05, 4.69) is 0 Å². The number of aliphatic hydroxyl groups excluding tert-OH is 2. The largest absolute Gasteiger partial charge is 0.393 e. The van der Waals surface area contributed by atoms with Crippen LogP contribution < -0.4 is 0 Å². The SMILES string of the molecule is OCC(O)(CO)[C@@H]1OCCCC[C@H]1c1ccc(Cl)c(Cl)c1. The summed E-state index contributed by atoms with van der Waals surface area (Å²) in [5, 5.41) is 30.3. The molecule has 6 heteroatoms. The fraction of sp³-hybridized carbons (Fsp3) is 0.600. The van der Waals surface area contributed by atoms with Crippen molar-refractivity contribution in [3.05, 3.63) is 33.8 Å². The Morgan fingerprint density at radius 3 is 2.48 bits per heavy atom. The molecule has 0 bridgehead atoms. The summed E-state index contributed by atoms with van der Waals surface area (Å²) in [6.07, 6.45) is 1.91. The summed E-state index contributed by atoms with van der Waals surface area (Å²) in [4.78, 5) is 0. The average molecular weight is 335 g/mol. The van der Waals surface area contributed by atoms with E-state index in [0.717, 1.165) is 24.8 Å². The molecule has 21 heavy (non-hydrogen) atoms. The fourth-order valence-corrected chi connectivity index (χ4v) is 3.09. The minimum Gasteiger partial charge on any atom is -0.393 e. The topological polar surface area (TPSA) is 69.9 Å². The lowest BCUT2D eigenvalue weighted by atomic mass is 9.81. The van der Waals surface area contributed by atoms with Crippen LogP contribution in [0.15, 0.2) is 18.2 Å². The number of hydrogen-bond acceptors (Lipinski definition) is 4. The third-order valence-electron chi connectivity index (χ3n) is 4.02. The van der Waals surface area contributed by atoms with E-state index >= 15 is 0 Å². The van der Waals surface area contributed by atoms with Gasteiger partial charge < -0.3 is 20.1 Å². The van der Waals surface area contributed by atoms with Gasteiger partial charge in [0.15, 0.2) is 0 Å². The van der Waals surface area contributed by atoms with Gasteiger partial charge in [0.05, 0.1) is 29.4 Å². The van der Waals surface area contributed by atoms with E-state index in [9.17, 15) is 15.3 Å². The van der Waals surface area contributed by atoms with E-state index in [4.69, 9.17) is 27.9 Å². The Morgan fingerprint density at radius 1 is 1.14 bits per heavy atom. The zero-order valence-electron chi connectivity index (χ0n) is 11.6. The second kappa shape index (κ2) is 7.27. The molecule has 1 aliphatic heterocycles. The first-order valence-corrected chi connectivity index (χ1v) is 7.78. The molecule has 1 aliphatic rings. The molecule has 0 radical (unpaired) electrons. The van der Waals surface area contributed by atoms with Crippen molar-refractivity contribution in [1.82, 2.24) is 0 Å². The van der Waals surface area contributed by atoms with Crippen molar-refractivity contribution in [3.8, 4) is 0 Å². The predicted octanol–water partition coefficient (Wildman–Crippen LogP) is 2.36. The highest BCUT2D eigenvalue weighted by Gasteiger charge is 2.43. The van der Waals surface area contributed by atoms with Gasteiger partial charge in [0.1, 0.15) is 5.60 Å². The van der Waals surface area contributed by atoms with Crippen LogP contribution in [0.5, 0.6) is 0 Å². The number of hydrogen-bond donors (Lipinski definition) is 3. The van der Waals surface area contributed by atoms with Gasteiger partial charge in [0.2, 0.25) is 0 Å². The second-order valence-corrected chi connectivity index (χ2v) is 6.30. The monoisotopic (exact) mass is 334 g/mol. The second-order valence-electron chi connectivity index (χ2n) is 5.49. The van der Waals surface area contributed by atoms with Gasteiger partial charge >= 0.3 is 0 Å². The highest BCUT2D eigenvalue weighted by molar-refractivity contribution is 6.42.